The van der Waals surface area contributed by atoms with Gasteiger partial charge in [0.1, 0.15) is 5.82 Å². The zero-order chi connectivity index (χ0) is 13.0. The third kappa shape index (κ3) is 3.00. The molecule has 0 atom stereocenters. The van der Waals surface area contributed by atoms with E-state index in [0.29, 0.717) is 11.4 Å². The van der Waals surface area contributed by atoms with E-state index in [1.807, 2.05) is 0 Å². The predicted octanol–water partition coefficient (Wildman–Crippen LogP) is 2.36. The van der Waals surface area contributed by atoms with Gasteiger partial charge in [-0.2, -0.15) is 0 Å². The van der Waals surface area contributed by atoms with Crippen molar-refractivity contribution in [2.45, 2.75) is 39.0 Å². The van der Waals surface area contributed by atoms with Gasteiger partial charge >= 0.3 is 0 Å². The molecule has 0 radical (unpaired) electrons. The fourth-order valence-electron chi connectivity index (χ4n) is 2.58. The summed E-state index contributed by atoms with van der Waals surface area (Å²) in [5.41, 5.74) is 6.40. The number of amides is 1. The van der Waals surface area contributed by atoms with Crippen LogP contribution in [0.1, 0.15) is 49.4 Å². The molecule has 98 valence electrons. The molecule has 1 fully saturated rings. The summed E-state index contributed by atoms with van der Waals surface area (Å²) in [5.74, 6) is 0.177. The average molecular weight is 247 g/mol. The Bertz CT molecular complexity index is 425. The normalized spacial score (nSPS) is 18.3. The number of nitrogen functional groups attached to an aromatic ring is 1. The SMILES string of the molecule is CC1(CNC(=O)c2cccnc2N)CCCCC1. The Hall–Kier alpha value is -1.58. The van der Waals surface area contributed by atoms with Gasteiger partial charge in [-0.3, -0.25) is 4.79 Å². The highest BCUT2D eigenvalue weighted by molar-refractivity contribution is 5.98. The molecule has 1 heterocycles. The van der Waals surface area contributed by atoms with E-state index in [-0.39, 0.29) is 11.3 Å². The first-order valence-corrected chi connectivity index (χ1v) is 6.59. The van der Waals surface area contributed by atoms with Gasteiger partial charge < -0.3 is 11.1 Å². The number of nitrogens with one attached hydrogen (secondary N) is 1. The van der Waals surface area contributed by atoms with E-state index in [9.17, 15) is 4.79 Å². The minimum atomic E-state index is -0.118. The second-order valence-electron chi connectivity index (χ2n) is 5.49. The summed E-state index contributed by atoms with van der Waals surface area (Å²) >= 11 is 0. The van der Waals surface area contributed by atoms with E-state index in [1.54, 1.807) is 18.3 Å². The highest BCUT2D eigenvalue weighted by atomic mass is 16.1. The first-order valence-electron chi connectivity index (χ1n) is 6.59. The van der Waals surface area contributed by atoms with E-state index < -0.39 is 0 Å². The lowest BCUT2D eigenvalue weighted by atomic mass is 9.76. The Morgan fingerprint density at radius 1 is 1.44 bits per heavy atom. The minimum absolute atomic E-state index is 0.118. The lowest BCUT2D eigenvalue weighted by Crippen LogP contribution is -2.37. The monoisotopic (exact) mass is 247 g/mol. The number of carbonyl (C=O) groups excluding carboxylic acids is 1. The summed E-state index contributed by atoms with van der Waals surface area (Å²) in [6.07, 6.45) is 7.82. The van der Waals surface area contributed by atoms with Crippen LogP contribution < -0.4 is 11.1 Å². The number of pyridine rings is 1. The molecule has 4 heteroatoms. The second-order valence-corrected chi connectivity index (χ2v) is 5.49. The molecule has 0 spiro atoms. The van der Waals surface area contributed by atoms with Crippen molar-refractivity contribution in [3.63, 3.8) is 0 Å². The molecule has 0 bridgehead atoms. The Morgan fingerprint density at radius 3 is 2.83 bits per heavy atom. The van der Waals surface area contributed by atoms with Crippen LogP contribution in [0, 0.1) is 5.41 Å². The lowest BCUT2D eigenvalue weighted by molar-refractivity contribution is 0.0920. The molecular weight excluding hydrogens is 226 g/mol. The van der Waals surface area contributed by atoms with Crippen molar-refractivity contribution in [3.8, 4) is 0 Å². The molecule has 2 rings (SSSR count). The predicted molar refractivity (Wildman–Crippen MR) is 72.2 cm³/mol. The zero-order valence-corrected chi connectivity index (χ0v) is 10.9. The molecule has 0 aliphatic heterocycles. The van der Waals surface area contributed by atoms with Crippen molar-refractivity contribution in [2.24, 2.45) is 5.41 Å². The summed E-state index contributed by atoms with van der Waals surface area (Å²) in [5, 5.41) is 2.99. The van der Waals surface area contributed by atoms with Crippen LogP contribution in [0.5, 0.6) is 0 Å². The molecular formula is C14H21N3O. The van der Waals surface area contributed by atoms with Gasteiger partial charge in [0.2, 0.25) is 0 Å². The highest BCUT2D eigenvalue weighted by Gasteiger charge is 2.27. The smallest absolute Gasteiger partial charge is 0.255 e. The van der Waals surface area contributed by atoms with Crippen LogP contribution in [0.3, 0.4) is 0 Å². The Labute approximate surface area is 108 Å². The van der Waals surface area contributed by atoms with Crippen molar-refractivity contribution in [1.82, 2.24) is 10.3 Å². The maximum Gasteiger partial charge on any atom is 0.255 e. The van der Waals surface area contributed by atoms with Crippen molar-refractivity contribution < 1.29 is 4.79 Å². The van der Waals surface area contributed by atoms with Gasteiger partial charge in [0.25, 0.3) is 5.91 Å². The van der Waals surface area contributed by atoms with E-state index in [1.165, 1.54) is 32.1 Å². The standard InChI is InChI=1S/C14H21N3O/c1-14(7-3-2-4-8-14)10-17-13(18)11-6-5-9-16-12(11)15/h5-6,9H,2-4,7-8,10H2,1H3,(H2,15,16)(H,17,18). The van der Waals surface area contributed by atoms with E-state index >= 15 is 0 Å². The lowest BCUT2D eigenvalue weighted by Gasteiger charge is -2.33. The maximum absolute atomic E-state index is 12.0. The number of nitrogens with zero attached hydrogens (tertiary/aromatic N) is 1. The number of rotatable bonds is 3. The molecule has 0 unspecified atom stereocenters. The topological polar surface area (TPSA) is 68.0 Å². The van der Waals surface area contributed by atoms with Crippen LogP contribution in [-0.4, -0.2) is 17.4 Å². The number of aromatic nitrogens is 1. The highest BCUT2D eigenvalue weighted by Crippen LogP contribution is 2.34. The number of hydrogen-bond donors (Lipinski definition) is 2. The van der Waals surface area contributed by atoms with E-state index in [2.05, 4.69) is 17.2 Å². The number of nitrogens with two attached hydrogens (primary N) is 1. The van der Waals surface area contributed by atoms with Gasteiger partial charge in [-0.1, -0.05) is 26.2 Å². The van der Waals surface area contributed by atoms with Crippen molar-refractivity contribution in [1.29, 1.82) is 0 Å². The first kappa shape index (κ1) is 12.9. The minimum Gasteiger partial charge on any atom is -0.383 e. The fourth-order valence-corrected chi connectivity index (χ4v) is 2.58. The Morgan fingerprint density at radius 2 is 2.17 bits per heavy atom. The number of hydrogen-bond acceptors (Lipinski definition) is 3. The van der Waals surface area contributed by atoms with Crippen LogP contribution >= 0.6 is 0 Å². The van der Waals surface area contributed by atoms with Gasteiger partial charge in [-0.25, -0.2) is 4.98 Å². The van der Waals surface area contributed by atoms with Gasteiger partial charge in [-0.05, 0) is 30.4 Å². The molecule has 1 aliphatic rings. The van der Waals surface area contributed by atoms with Crippen LogP contribution in [0.4, 0.5) is 5.82 Å². The largest absolute Gasteiger partial charge is 0.383 e. The van der Waals surface area contributed by atoms with E-state index in [4.69, 9.17) is 5.73 Å². The van der Waals surface area contributed by atoms with Gasteiger partial charge in [0.05, 0.1) is 5.56 Å². The molecule has 3 N–H and O–H groups in total. The summed E-state index contributed by atoms with van der Waals surface area (Å²) in [4.78, 5) is 15.9. The maximum atomic E-state index is 12.0. The molecule has 18 heavy (non-hydrogen) atoms. The summed E-state index contributed by atoms with van der Waals surface area (Å²) < 4.78 is 0. The molecule has 1 aromatic rings. The molecule has 0 saturated heterocycles. The van der Waals surface area contributed by atoms with Gasteiger partial charge in [0.15, 0.2) is 0 Å². The van der Waals surface area contributed by atoms with Crippen LogP contribution in [0.15, 0.2) is 18.3 Å². The molecule has 1 aromatic heterocycles. The Balaban J connectivity index is 1.94. The number of carbonyl (C=O) groups is 1. The summed E-state index contributed by atoms with van der Waals surface area (Å²) in [6, 6.07) is 3.44. The van der Waals surface area contributed by atoms with Crippen LogP contribution in [0.25, 0.3) is 0 Å². The number of anilines is 1. The fraction of sp³-hybridized carbons (Fsp3) is 0.571. The third-order valence-corrected chi connectivity index (χ3v) is 3.82. The van der Waals surface area contributed by atoms with Gasteiger partial charge in [0, 0.05) is 12.7 Å². The molecule has 1 amide bonds. The zero-order valence-electron chi connectivity index (χ0n) is 10.9. The molecule has 4 nitrogen and oxygen atoms in total. The molecule has 0 aromatic carbocycles. The van der Waals surface area contributed by atoms with Crippen molar-refractivity contribution in [2.75, 3.05) is 12.3 Å². The molecule has 1 saturated carbocycles. The first-order chi connectivity index (χ1) is 8.61. The average Bonchev–Trinajstić information content (AvgIpc) is 2.38. The quantitative estimate of drug-likeness (QED) is 0.861. The molecule has 1 aliphatic carbocycles. The van der Waals surface area contributed by atoms with Crippen LogP contribution in [-0.2, 0) is 0 Å². The summed E-state index contributed by atoms with van der Waals surface area (Å²) in [7, 11) is 0. The van der Waals surface area contributed by atoms with E-state index in [0.717, 1.165) is 6.54 Å². The third-order valence-electron chi connectivity index (χ3n) is 3.82. The van der Waals surface area contributed by atoms with Crippen LogP contribution in [0.2, 0.25) is 0 Å². The Kier molecular flexibility index (Phi) is 3.84. The van der Waals surface area contributed by atoms with Gasteiger partial charge in [-0.15, -0.1) is 0 Å². The van der Waals surface area contributed by atoms with Crippen molar-refractivity contribution >= 4 is 11.7 Å². The summed E-state index contributed by atoms with van der Waals surface area (Å²) in [6.45, 7) is 2.97. The van der Waals surface area contributed by atoms with Crippen molar-refractivity contribution in [3.05, 3.63) is 23.9 Å². The second kappa shape index (κ2) is 5.38.